The molecule has 2 aliphatic rings. The normalized spacial score (nSPS) is 26.9. The lowest BCUT2D eigenvalue weighted by Gasteiger charge is -2.45. The van der Waals surface area contributed by atoms with Crippen molar-refractivity contribution < 1.29 is 9.59 Å². The quantitative estimate of drug-likeness (QED) is 0.641. The van der Waals surface area contributed by atoms with Crippen LogP contribution in [0.3, 0.4) is 0 Å². The summed E-state index contributed by atoms with van der Waals surface area (Å²) in [4.78, 5) is 30.3. The number of Topliss-reactive ketones (excluding diaryl/α,β-unsaturated/α-hetero) is 1. The van der Waals surface area contributed by atoms with Crippen LogP contribution in [0, 0.1) is 5.92 Å². The van der Waals surface area contributed by atoms with Gasteiger partial charge in [-0.2, -0.15) is 0 Å². The number of pyridine rings is 1. The Labute approximate surface area is 179 Å². The first-order valence-electron chi connectivity index (χ1n) is 9.75. The molecule has 3 atom stereocenters. The Morgan fingerprint density at radius 1 is 1.14 bits per heavy atom. The van der Waals surface area contributed by atoms with Crippen LogP contribution in [0.25, 0.3) is 6.08 Å². The predicted octanol–water partition coefficient (Wildman–Crippen LogP) is 4.69. The maximum absolute atomic E-state index is 13.4. The number of nitrogens with one attached hydrogen (secondary N) is 1. The highest BCUT2D eigenvalue weighted by atomic mass is 127. The summed E-state index contributed by atoms with van der Waals surface area (Å²) in [5, 5.41) is 3.20. The van der Waals surface area contributed by atoms with E-state index in [1.807, 2.05) is 24.3 Å². The molecule has 2 aliphatic carbocycles. The number of hydrogen-bond donors (Lipinski definition) is 1. The van der Waals surface area contributed by atoms with Crippen LogP contribution >= 0.6 is 22.6 Å². The number of halogens is 1. The second-order valence-corrected chi connectivity index (χ2v) is 8.96. The van der Waals surface area contributed by atoms with E-state index < -0.39 is 5.41 Å². The van der Waals surface area contributed by atoms with Gasteiger partial charge < -0.3 is 5.32 Å². The SMILES string of the molecule is C[C@]1([C@H]2CCCC[C@H]2NC(=O)c2ccccn2)C(=O)C(I)=Cc2ccccc21. The molecule has 4 rings (SSSR count). The Balaban J connectivity index is 1.70. The Morgan fingerprint density at radius 2 is 1.89 bits per heavy atom. The van der Waals surface area contributed by atoms with E-state index in [1.54, 1.807) is 18.3 Å². The number of nitrogens with zero attached hydrogens (tertiary/aromatic N) is 1. The number of amides is 1. The van der Waals surface area contributed by atoms with Crippen molar-refractivity contribution in [2.75, 3.05) is 0 Å². The zero-order chi connectivity index (χ0) is 19.7. The van der Waals surface area contributed by atoms with Gasteiger partial charge in [0.2, 0.25) is 0 Å². The average Bonchev–Trinajstić information content (AvgIpc) is 2.73. The largest absolute Gasteiger partial charge is 0.348 e. The summed E-state index contributed by atoms with van der Waals surface area (Å²) in [7, 11) is 0. The molecule has 1 heterocycles. The number of carbonyl (C=O) groups is 2. The van der Waals surface area contributed by atoms with E-state index in [2.05, 4.69) is 51.9 Å². The van der Waals surface area contributed by atoms with Gasteiger partial charge in [0.25, 0.3) is 5.91 Å². The van der Waals surface area contributed by atoms with E-state index in [0.717, 1.165) is 40.4 Å². The number of rotatable bonds is 3. The minimum Gasteiger partial charge on any atom is -0.348 e. The summed E-state index contributed by atoms with van der Waals surface area (Å²) < 4.78 is 0.763. The first kappa shape index (κ1) is 19.3. The maximum Gasteiger partial charge on any atom is 0.270 e. The number of fused-ring (bicyclic) bond motifs is 1. The first-order chi connectivity index (χ1) is 13.5. The highest BCUT2D eigenvalue weighted by Crippen LogP contribution is 2.48. The summed E-state index contributed by atoms with van der Waals surface area (Å²) in [5.74, 6) is 0.0553. The van der Waals surface area contributed by atoms with E-state index in [4.69, 9.17) is 0 Å². The molecule has 1 aromatic heterocycles. The fraction of sp³-hybridized carbons (Fsp3) is 0.348. The van der Waals surface area contributed by atoms with Crippen molar-refractivity contribution in [2.45, 2.75) is 44.1 Å². The molecule has 0 saturated heterocycles. The number of hydrogen-bond acceptors (Lipinski definition) is 3. The lowest BCUT2D eigenvalue weighted by molar-refractivity contribution is -0.122. The molecule has 0 aliphatic heterocycles. The van der Waals surface area contributed by atoms with Gasteiger partial charge in [0.15, 0.2) is 5.78 Å². The summed E-state index contributed by atoms with van der Waals surface area (Å²) >= 11 is 2.16. The second kappa shape index (κ2) is 7.78. The van der Waals surface area contributed by atoms with Crippen LogP contribution in [0.2, 0.25) is 0 Å². The van der Waals surface area contributed by atoms with Gasteiger partial charge in [0.05, 0.1) is 8.99 Å². The van der Waals surface area contributed by atoms with Crippen LogP contribution in [0.5, 0.6) is 0 Å². The van der Waals surface area contributed by atoms with Crippen LogP contribution in [-0.4, -0.2) is 22.7 Å². The third-order valence-electron chi connectivity index (χ3n) is 6.21. The minimum absolute atomic E-state index is 0.0486. The molecule has 1 saturated carbocycles. The van der Waals surface area contributed by atoms with Gasteiger partial charge in [-0.25, -0.2) is 0 Å². The molecular formula is C23H23IN2O2. The number of carbonyl (C=O) groups excluding carboxylic acids is 2. The first-order valence-corrected chi connectivity index (χ1v) is 10.8. The van der Waals surface area contributed by atoms with Crippen molar-refractivity contribution in [2.24, 2.45) is 5.92 Å². The van der Waals surface area contributed by atoms with Crippen LogP contribution in [-0.2, 0) is 10.2 Å². The van der Waals surface area contributed by atoms with Gasteiger partial charge >= 0.3 is 0 Å². The van der Waals surface area contributed by atoms with Crippen molar-refractivity contribution in [3.8, 4) is 0 Å². The summed E-state index contributed by atoms with van der Waals surface area (Å²) in [6, 6.07) is 13.4. The van der Waals surface area contributed by atoms with Crippen molar-refractivity contribution >= 4 is 40.4 Å². The maximum atomic E-state index is 13.4. The minimum atomic E-state index is -0.635. The van der Waals surface area contributed by atoms with E-state index in [1.165, 1.54) is 0 Å². The number of aromatic nitrogens is 1. The lowest BCUT2D eigenvalue weighted by atomic mass is 9.60. The zero-order valence-electron chi connectivity index (χ0n) is 15.8. The molecule has 0 bridgehead atoms. The van der Waals surface area contributed by atoms with Gasteiger partial charge in [0.1, 0.15) is 5.69 Å². The molecule has 0 spiro atoms. The molecule has 0 radical (unpaired) electrons. The summed E-state index contributed by atoms with van der Waals surface area (Å²) in [5.41, 5.74) is 1.96. The molecule has 1 amide bonds. The Morgan fingerprint density at radius 3 is 2.68 bits per heavy atom. The Hall–Kier alpha value is -2.02. The van der Waals surface area contributed by atoms with Gasteiger partial charge in [-0.1, -0.05) is 43.2 Å². The summed E-state index contributed by atoms with van der Waals surface area (Å²) in [6.07, 6.45) is 7.55. The van der Waals surface area contributed by atoms with Crippen LogP contribution in [0.1, 0.15) is 54.2 Å². The fourth-order valence-corrected chi connectivity index (χ4v) is 5.67. The molecule has 1 N–H and O–H groups in total. The zero-order valence-corrected chi connectivity index (χ0v) is 18.0. The van der Waals surface area contributed by atoms with Crippen LogP contribution < -0.4 is 5.32 Å². The molecule has 144 valence electrons. The molecule has 1 aromatic carbocycles. The van der Waals surface area contributed by atoms with Crippen molar-refractivity contribution in [1.82, 2.24) is 10.3 Å². The number of ketones is 1. The van der Waals surface area contributed by atoms with Gasteiger partial charge in [-0.15, -0.1) is 0 Å². The van der Waals surface area contributed by atoms with Crippen LogP contribution in [0.15, 0.2) is 52.2 Å². The van der Waals surface area contributed by atoms with Gasteiger partial charge in [-0.05, 0) is 77.6 Å². The molecule has 2 aromatic rings. The smallest absolute Gasteiger partial charge is 0.270 e. The molecular weight excluding hydrogens is 463 g/mol. The average molecular weight is 486 g/mol. The van der Waals surface area contributed by atoms with Gasteiger partial charge in [0, 0.05) is 12.2 Å². The standard InChI is InChI=1S/C23H23IN2O2/c1-23(16-9-3-2-8-15(16)14-18(24)21(23)27)17-10-4-5-11-19(17)26-22(28)20-12-6-7-13-25-20/h2-3,6-9,12-14,17,19H,4-5,10-11H2,1H3,(H,26,28)/t17-,19+,23-/m0/s1. The lowest BCUT2D eigenvalue weighted by Crippen LogP contribution is -2.54. The second-order valence-electron chi connectivity index (χ2n) is 7.80. The van der Waals surface area contributed by atoms with Gasteiger partial charge in [-0.3, -0.25) is 14.6 Å². The topological polar surface area (TPSA) is 59.1 Å². The monoisotopic (exact) mass is 486 g/mol. The van der Waals surface area contributed by atoms with E-state index in [9.17, 15) is 9.59 Å². The molecule has 5 heteroatoms. The van der Waals surface area contributed by atoms with Crippen LogP contribution in [0.4, 0.5) is 0 Å². The third-order valence-corrected chi connectivity index (χ3v) is 7.01. The Bertz CT molecular complexity index is 941. The van der Waals surface area contributed by atoms with Crippen molar-refractivity contribution in [3.63, 3.8) is 0 Å². The summed E-state index contributed by atoms with van der Waals surface area (Å²) in [6.45, 7) is 2.07. The highest BCUT2D eigenvalue weighted by Gasteiger charge is 2.50. The molecule has 4 nitrogen and oxygen atoms in total. The molecule has 1 fully saturated rings. The molecule has 28 heavy (non-hydrogen) atoms. The number of allylic oxidation sites excluding steroid dienone is 1. The van der Waals surface area contributed by atoms with E-state index in [0.29, 0.717) is 5.69 Å². The fourth-order valence-electron chi connectivity index (χ4n) is 4.77. The third kappa shape index (κ3) is 3.30. The van der Waals surface area contributed by atoms with Crippen molar-refractivity contribution in [3.05, 3.63) is 69.1 Å². The predicted molar refractivity (Wildman–Crippen MR) is 118 cm³/mol. The molecule has 0 unspecified atom stereocenters. The van der Waals surface area contributed by atoms with E-state index >= 15 is 0 Å². The highest BCUT2D eigenvalue weighted by molar-refractivity contribution is 14.1. The van der Waals surface area contributed by atoms with Crippen molar-refractivity contribution in [1.29, 1.82) is 0 Å². The Kier molecular flexibility index (Phi) is 5.36. The van der Waals surface area contributed by atoms with E-state index in [-0.39, 0.29) is 23.7 Å². The number of benzene rings is 1.